The van der Waals surface area contributed by atoms with Crippen LogP contribution in [0, 0.1) is 0 Å². The summed E-state index contributed by atoms with van der Waals surface area (Å²) in [4.78, 5) is 21.0. The van der Waals surface area contributed by atoms with E-state index >= 15 is 0 Å². The first kappa shape index (κ1) is 15.1. The van der Waals surface area contributed by atoms with Crippen LogP contribution in [-0.2, 0) is 11.3 Å². The predicted octanol–water partition coefficient (Wildman–Crippen LogP) is 0.410. The Morgan fingerprint density at radius 2 is 2.28 bits per heavy atom. The van der Waals surface area contributed by atoms with E-state index in [1.807, 2.05) is 4.90 Å². The second-order valence-corrected chi connectivity index (χ2v) is 4.18. The van der Waals surface area contributed by atoms with Crippen molar-refractivity contribution in [2.24, 2.45) is 0 Å². The summed E-state index contributed by atoms with van der Waals surface area (Å²) in [5.41, 5.74) is 0.613. The molecular formula is C10H14Cl2N4O2. The maximum absolute atomic E-state index is 11.1. The van der Waals surface area contributed by atoms with Crippen LogP contribution in [0.4, 0.5) is 0 Å². The quantitative estimate of drug-likeness (QED) is 0.840. The Balaban J connectivity index is 0.00000162. The Bertz CT molecular complexity index is 419. The summed E-state index contributed by atoms with van der Waals surface area (Å²) in [5.74, 6) is -0.836. The van der Waals surface area contributed by atoms with Crippen LogP contribution in [0.25, 0.3) is 0 Å². The predicted molar refractivity (Wildman–Crippen MR) is 69.0 cm³/mol. The number of aliphatic carboxylic acids is 1. The van der Waals surface area contributed by atoms with Gasteiger partial charge in [-0.1, -0.05) is 11.6 Å². The minimum absolute atomic E-state index is 0. The van der Waals surface area contributed by atoms with Gasteiger partial charge in [-0.2, -0.15) is 0 Å². The molecule has 1 aliphatic heterocycles. The SMILES string of the molecule is Cl.O=C(O)C1CNCCN1Cc1nccnc1Cl. The molecule has 8 heteroatoms. The van der Waals surface area contributed by atoms with Crippen molar-refractivity contribution in [3.8, 4) is 0 Å². The van der Waals surface area contributed by atoms with Crippen molar-refractivity contribution in [3.05, 3.63) is 23.2 Å². The van der Waals surface area contributed by atoms with E-state index in [0.29, 0.717) is 30.5 Å². The second-order valence-electron chi connectivity index (χ2n) is 3.82. The summed E-state index contributed by atoms with van der Waals surface area (Å²) in [5, 5.41) is 12.5. The number of piperazine rings is 1. The molecule has 1 unspecified atom stereocenters. The van der Waals surface area contributed by atoms with E-state index in [0.717, 1.165) is 6.54 Å². The highest BCUT2D eigenvalue weighted by Gasteiger charge is 2.28. The summed E-state index contributed by atoms with van der Waals surface area (Å²) in [7, 11) is 0. The van der Waals surface area contributed by atoms with E-state index in [1.54, 1.807) is 6.20 Å². The maximum Gasteiger partial charge on any atom is 0.322 e. The van der Waals surface area contributed by atoms with Gasteiger partial charge < -0.3 is 10.4 Å². The molecule has 2 heterocycles. The van der Waals surface area contributed by atoms with E-state index in [1.165, 1.54) is 6.20 Å². The van der Waals surface area contributed by atoms with Crippen LogP contribution in [0.15, 0.2) is 12.4 Å². The summed E-state index contributed by atoms with van der Waals surface area (Å²) in [6, 6.07) is -0.540. The number of carboxylic acid groups (broad SMARTS) is 1. The third-order valence-corrected chi connectivity index (χ3v) is 3.03. The molecule has 1 saturated heterocycles. The van der Waals surface area contributed by atoms with Gasteiger partial charge in [-0.3, -0.25) is 14.7 Å². The van der Waals surface area contributed by atoms with Gasteiger partial charge in [0.1, 0.15) is 6.04 Å². The number of carboxylic acids is 1. The van der Waals surface area contributed by atoms with Crippen molar-refractivity contribution in [1.82, 2.24) is 20.2 Å². The van der Waals surface area contributed by atoms with Crippen molar-refractivity contribution >= 4 is 30.0 Å². The first-order chi connectivity index (χ1) is 8.18. The molecule has 1 atom stereocenters. The molecule has 1 aliphatic rings. The Labute approximate surface area is 116 Å². The van der Waals surface area contributed by atoms with Crippen LogP contribution >= 0.6 is 24.0 Å². The fourth-order valence-electron chi connectivity index (χ4n) is 1.83. The molecule has 100 valence electrons. The number of nitrogens with zero attached hydrogens (tertiary/aromatic N) is 3. The normalized spacial score (nSPS) is 20.2. The van der Waals surface area contributed by atoms with Crippen molar-refractivity contribution in [2.75, 3.05) is 19.6 Å². The molecule has 2 N–H and O–H groups in total. The lowest BCUT2D eigenvalue weighted by atomic mass is 10.2. The zero-order chi connectivity index (χ0) is 12.3. The van der Waals surface area contributed by atoms with Gasteiger partial charge >= 0.3 is 5.97 Å². The molecule has 2 rings (SSSR count). The highest BCUT2D eigenvalue weighted by atomic mass is 35.5. The Morgan fingerprint density at radius 3 is 2.94 bits per heavy atom. The zero-order valence-electron chi connectivity index (χ0n) is 9.54. The molecule has 0 spiro atoms. The zero-order valence-corrected chi connectivity index (χ0v) is 11.1. The van der Waals surface area contributed by atoms with Gasteiger partial charge in [0.2, 0.25) is 0 Å². The summed E-state index contributed by atoms with van der Waals surface area (Å²) >= 11 is 5.91. The molecule has 18 heavy (non-hydrogen) atoms. The minimum atomic E-state index is -0.836. The van der Waals surface area contributed by atoms with Gasteiger partial charge in [-0.25, -0.2) is 4.98 Å². The van der Waals surface area contributed by atoms with Gasteiger partial charge in [-0.05, 0) is 0 Å². The first-order valence-corrected chi connectivity index (χ1v) is 5.69. The summed E-state index contributed by atoms with van der Waals surface area (Å²) in [6.45, 7) is 2.27. The number of hydrogen-bond acceptors (Lipinski definition) is 5. The number of aromatic nitrogens is 2. The fourth-order valence-corrected chi connectivity index (χ4v) is 1.99. The molecule has 0 saturated carbocycles. The molecule has 6 nitrogen and oxygen atoms in total. The molecule has 1 aromatic heterocycles. The van der Waals surface area contributed by atoms with E-state index < -0.39 is 12.0 Å². The molecule has 0 aliphatic carbocycles. The van der Waals surface area contributed by atoms with Gasteiger partial charge in [0.25, 0.3) is 0 Å². The lowest BCUT2D eigenvalue weighted by Gasteiger charge is -2.33. The average molecular weight is 293 g/mol. The van der Waals surface area contributed by atoms with E-state index in [4.69, 9.17) is 16.7 Å². The van der Waals surface area contributed by atoms with Crippen LogP contribution in [0.5, 0.6) is 0 Å². The number of rotatable bonds is 3. The highest BCUT2D eigenvalue weighted by molar-refractivity contribution is 6.29. The lowest BCUT2D eigenvalue weighted by molar-refractivity contribution is -0.144. The van der Waals surface area contributed by atoms with Crippen molar-refractivity contribution in [2.45, 2.75) is 12.6 Å². The molecule has 1 fully saturated rings. The average Bonchev–Trinajstić information content (AvgIpc) is 2.32. The largest absolute Gasteiger partial charge is 0.480 e. The molecular weight excluding hydrogens is 279 g/mol. The van der Waals surface area contributed by atoms with E-state index in [-0.39, 0.29) is 12.4 Å². The smallest absolute Gasteiger partial charge is 0.322 e. The molecule has 0 aromatic carbocycles. The second kappa shape index (κ2) is 6.84. The molecule has 0 amide bonds. The van der Waals surface area contributed by atoms with Crippen molar-refractivity contribution < 1.29 is 9.90 Å². The minimum Gasteiger partial charge on any atom is -0.480 e. The molecule has 0 bridgehead atoms. The Morgan fingerprint density at radius 1 is 1.56 bits per heavy atom. The van der Waals surface area contributed by atoms with Crippen LogP contribution in [0.1, 0.15) is 5.69 Å². The summed E-state index contributed by atoms with van der Waals surface area (Å²) in [6.07, 6.45) is 3.07. The number of halogens is 2. The highest BCUT2D eigenvalue weighted by Crippen LogP contribution is 2.14. The van der Waals surface area contributed by atoms with E-state index in [9.17, 15) is 4.79 Å². The third-order valence-electron chi connectivity index (χ3n) is 2.72. The number of nitrogens with one attached hydrogen (secondary N) is 1. The molecule has 0 radical (unpaired) electrons. The Hall–Kier alpha value is -0.950. The lowest BCUT2D eigenvalue weighted by Crippen LogP contribution is -2.54. The number of carbonyl (C=O) groups is 1. The first-order valence-electron chi connectivity index (χ1n) is 5.31. The van der Waals surface area contributed by atoms with E-state index in [2.05, 4.69) is 15.3 Å². The molecule has 1 aromatic rings. The monoisotopic (exact) mass is 292 g/mol. The van der Waals surface area contributed by atoms with Crippen molar-refractivity contribution in [1.29, 1.82) is 0 Å². The van der Waals surface area contributed by atoms with Crippen LogP contribution in [-0.4, -0.2) is 51.6 Å². The van der Waals surface area contributed by atoms with Crippen LogP contribution in [0.3, 0.4) is 0 Å². The Kier molecular flexibility index (Phi) is 5.74. The van der Waals surface area contributed by atoms with Crippen LogP contribution < -0.4 is 5.32 Å². The fraction of sp³-hybridized carbons (Fsp3) is 0.500. The maximum atomic E-state index is 11.1. The third kappa shape index (κ3) is 3.52. The standard InChI is InChI=1S/C10H13ClN4O2.ClH/c11-9-7(13-1-2-14-9)6-15-4-3-12-5-8(15)10(16)17;/h1-2,8,12H,3-6H2,(H,16,17);1H. The van der Waals surface area contributed by atoms with Crippen molar-refractivity contribution in [3.63, 3.8) is 0 Å². The van der Waals surface area contributed by atoms with Gasteiger partial charge in [-0.15, -0.1) is 12.4 Å². The summed E-state index contributed by atoms with van der Waals surface area (Å²) < 4.78 is 0. The van der Waals surface area contributed by atoms with Gasteiger partial charge in [0.15, 0.2) is 5.15 Å². The van der Waals surface area contributed by atoms with Gasteiger partial charge in [0.05, 0.1) is 5.69 Å². The number of hydrogen-bond donors (Lipinski definition) is 2. The topological polar surface area (TPSA) is 78.4 Å². The van der Waals surface area contributed by atoms with Crippen LogP contribution in [0.2, 0.25) is 5.15 Å². The van der Waals surface area contributed by atoms with Gasteiger partial charge in [0, 0.05) is 38.6 Å².